The van der Waals surface area contributed by atoms with Crippen LogP contribution < -0.4 is 25.4 Å². The summed E-state index contributed by atoms with van der Waals surface area (Å²) in [6.07, 6.45) is 1.59. The molecule has 0 radical (unpaired) electrons. The summed E-state index contributed by atoms with van der Waals surface area (Å²) in [5.41, 5.74) is 1.36. The van der Waals surface area contributed by atoms with Gasteiger partial charge in [0.1, 0.15) is 17.3 Å². The molecule has 0 aliphatic heterocycles. The molecule has 0 aliphatic rings. The van der Waals surface area contributed by atoms with E-state index in [0.717, 1.165) is 5.76 Å². The molecule has 1 heterocycles. The van der Waals surface area contributed by atoms with E-state index in [1.807, 2.05) is 19.1 Å². The highest BCUT2D eigenvalue weighted by molar-refractivity contribution is 6.05. The van der Waals surface area contributed by atoms with Crippen LogP contribution in [0.3, 0.4) is 0 Å². The minimum Gasteiger partial charge on any atom is -0.494 e. The van der Waals surface area contributed by atoms with E-state index in [1.54, 1.807) is 48.7 Å². The van der Waals surface area contributed by atoms with Gasteiger partial charge in [-0.2, -0.15) is 0 Å². The van der Waals surface area contributed by atoms with Crippen LogP contribution in [-0.2, 0) is 4.79 Å². The van der Waals surface area contributed by atoms with E-state index >= 15 is 0 Å². The van der Waals surface area contributed by atoms with Crippen LogP contribution in [0.1, 0.15) is 29.1 Å². The second-order valence-electron chi connectivity index (χ2n) is 6.74. The number of benzene rings is 2. The fraction of sp³-hybridized carbons (Fsp3) is 0.217. The zero-order valence-electron chi connectivity index (χ0n) is 17.6. The van der Waals surface area contributed by atoms with Crippen molar-refractivity contribution in [3.63, 3.8) is 0 Å². The number of furan rings is 1. The van der Waals surface area contributed by atoms with E-state index in [2.05, 4.69) is 16.0 Å². The molecular weight excluding hydrogens is 398 g/mol. The van der Waals surface area contributed by atoms with Gasteiger partial charge in [-0.25, -0.2) is 0 Å². The molecule has 3 N–H and O–H groups in total. The predicted molar refractivity (Wildman–Crippen MR) is 118 cm³/mol. The summed E-state index contributed by atoms with van der Waals surface area (Å²) in [6.45, 7) is 1.97. The lowest BCUT2D eigenvalue weighted by Gasteiger charge is -2.17. The molecule has 8 heteroatoms. The molecule has 0 spiro atoms. The normalized spacial score (nSPS) is 11.5. The van der Waals surface area contributed by atoms with E-state index in [0.29, 0.717) is 28.4 Å². The summed E-state index contributed by atoms with van der Waals surface area (Å²) in [6, 6.07) is 15.6. The lowest BCUT2D eigenvalue weighted by Crippen LogP contribution is -2.30. The van der Waals surface area contributed by atoms with Crippen LogP contribution in [0, 0.1) is 0 Å². The molecule has 2 amide bonds. The molecule has 162 valence electrons. The minimum absolute atomic E-state index is 0.0693. The van der Waals surface area contributed by atoms with Crippen LogP contribution >= 0.6 is 0 Å². The number of anilines is 2. The summed E-state index contributed by atoms with van der Waals surface area (Å²) in [7, 11) is 2.97. The number of methoxy groups -OCH3 is 2. The Bertz CT molecular complexity index is 1020. The Morgan fingerprint density at radius 2 is 1.58 bits per heavy atom. The van der Waals surface area contributed by atoms with Crippen LogP contribution in [0.5, 0.6) is 11.5 Å². The third-order valence-corrected chi connectivity index (χ3v) is 4.62. The summed E-state index contributed by atoms with van der Waals surface area (Å²) in [4.78, 5) is 24.9. The lowest BCUT2D eigenvalue weighted by atomic mass is 10.2. The second kappa shape index (κ2) is 10.3. The molecule has 8 nitrogen and oxygen atoms in total. The molecule has 0 unspecified atom stereocenters. The summed E-state index contributed by atoms with van der Waals surface area (Å²) in [5.74, 6) is 0.966. The first-order valence-electron chi connectivity index (χ1n) is 9.71. The molecule has 1 aromatic heterocycles. The third kappa shape index (κ3) is 5.64. The topological polar surface area (TPSA) is 102 Å². The second-order valence-corrected chi connectivity index (χ2v) is 6.74. The number of nitrogens with one attached hydrogen (secondary N) is 3. The van der Waals surface area contributed by atoms with Gasteiger partial charge >= 0.3 is 0 Å². The smallest absolute Gasteiger partial charge is 0.255 e. The van der Waals surface area contributed by atoms with Crippen molar-refractivity contribution in [3.8, 4) is 11.5 Å². The highest BCUT2D eigenvalue weighted by Gasteiger charge is 2.17. The van der Waals surface area contributed by atoms with Gasteiger partial charge in [0.25, 0.3) is 5.91 Å². The maximum atomic E-state index is 12.5. The van der Waals surface area contributed by atoms with E-state index in [4.69, 9.17) is 13.9 Å². The zero-order valence-corrected chi connectivity index (χ0v) is 17.6. The Balaban J connectivity index is 1.70. The van der Waals surface area contributed by atoms with Gasteiger partial charge in [-0.3, -0.25) is 14.9 Å². The van der Waals surface area contributed by atoms with Crippen molar-refractivity contribution in [2.45, 2.75) is 13.0 Å². The largest absolute Gasteiger partial charge is 0.494 e. The van der Waals surface area contributed by atoms with Crippen molar-refractivity contribution in [1.29, 1.82) is 0 Å². The van der Waals surface area contributed by atoms with Crippen molar-refractivity contribution < 1.29 is 23.5 Å². The SMILES string of the molecule is COc1cc(NC(=O)c2ccccc2)c(OC)cc1NC(=O)CN[C@@H](C)c1ccco1. The van der Waals surface area contributed by atoms with Gasteiger partial charge in [-0.15, -0.1) is 0 Å². The highest BCUT2D eigenvalue weighted by Crippen LogP contribution is 2.36. The Morgan fingerprint density at radius 3 is 2.16 bits per heavy atom. The zero-order chi connectivity index (χ0) is 22.2. The average Bonchev–Trinajstić information content (AvgIpc) is 3.33. The van der Waals surface area contributed by atoms with Gasteiger partial charge < -0.3 is 24.5 Å². The first-order valence-corrected chi connectivity index (χ1v) is 9.71. The monoisotopic (exact) mass is 423 g/mol. The number of hydrogen-bond donors (Lipinski definition) is 3. The lowest BCUT2D eigenvalue weighted by molar-refractivity contribution is -0.115. The van der Waals surface area contributed by atoms with Gasteiger partial charge in [-0.05, 0) is 31.2 Å². The number of carbonyl (C=O) groups excluding carboxylic acids is 2. The van der Waals surface area contributed by atoms with Gasteiger partial charge in [-0.1, -0.05) is 18.2 Å². The molecule has 1 atom stereocenters. The molecule has 0 aliphatic carbocycles. The average molecular weight is 423 g/mol. The maximum absolute atomic E-state index is 12.5. The van der Waals surface area contributed by atoms with Crippen molar-refractivity contribution >= 4 is 23.2 Å². The first kappa shape index (κ1) is 21.9. The molecular formula is C23H25N3O5. The van der Waals surface area contributed by atoms with Gasteiger partial charge in [0.05, 0.1) is 44.4 Å². The number of amides is 2. The minimum atomic E-state index is -0.283. The highest BCUT2D eigenvalue weighted by atomic mass is 16.5. The Morgan fingerprint density at radius 1 is 0.935 bits per heavy atom. The van der Waals surface area contributed by atoms with Crippen LogP contribution in [0.2, 0.25) is 0 Å². The predicted octanol–water partition coefficient (Wildman–Crippen LogP) is 3.84. The van der Waals surface area contributed by atoms with Crippen molar-refractivity contribution in [2.75, 3.05) is 31.4 Å². The molecule has 0 saturated carbocycles. The molecule has 3 rings (SSSR count). The van der Waals surface area contributed by atoms with Crippen LogP contribution in [0.25, 0.3) is 0 Å². The van der Waals surface area contributed by atoms with Crippen molar-refractivity contribution in [3.05, 3.63) is 72.2 Å². The molecule has 31 heavy (non-hydrogen) atoms. The Labute approximate surface area is 180 Å². The number of rotatable bonds is 9. The number of carbonyl (C=O) groups is 2. The molecule has 3 aromatic rings. The Kier molecular flexibility index (Phi) is 7.29. The third-order valence-electron chi connectivity index (χ3n) is 4.62. The van der Waals surface area contributed by atoms with Crippen LogP contribution in [0.15, 0.2) is 65.3 Å². The first-order chi connectivity index (χ1) is 15.0. The fourth-order valence-electron chi connectivity index (χ4n) is 2.96. The van der Waals surface area contributed by atoms with Gasteiger partial charge in [0, 0.05) is 17.7 Å². The fourth-order valence-corrected chi connectivity index (χ4v) is 2.96. The Hall–Kier alpha value is -3.78. The van der Waals surface area contributed by atoms with E-state index in [9.17, 15) is 9.59 Å². The standard InChI is InChI=1S/C23H25N3O5/c1-15(19-10-7-11-31-19)24-14-22(27)25-17-12-21(30-3)18(13-20(17)29-2)26-23(28)16-8-5-4-6-9-16/h4-13,15,24H,14H2,1-3H3,(H,25,27)(H,26,28)/t15-/m0/s1. The van der Waals surface area contributed by atoms with Crippen LogP contribution in [0.4, 0.5) is 11.4 Å². The molecule has 0 saturated heterocycles. The quantitative estimate of drug-likeness (QED) is 0.483. The summed E-state index contributed by atoms with van der Waals surface area (Å²) >= 11 is 0. The maximum Gasteiger partial charge on any atom is 0.255 e. The van der Waals surface area contributed by atoms with Crippen LogP contribution in [-0.4, -0.2) is 32.6 Å². The van der Waals surface area contributed by atoms with E-state index in [-0.39, 0.29) is 24.4 Å². The number of ether oxygens (including phenoxy) is 2. The molecule has 0 fully saturated rings. The van der Waals surface area contributed by atoms with E-state index in [1.165, 1.54) is 14.2 Å². The van der Waals surface area contributed by atoms with Gasteiger partial charge in [0.2, 0.25) is 5.91 Å². The van der Waals surface area contributed by atoms with Crippen molar-refractivity contribution in [2.24, 2.45) is 0 Å². The number of hydrogen-bond acceptors (Lipinski definition) is 6. The molecule has 2 aromatic carbocycles. The van der Waals surface area contributed by atoms with Crippen molar-refractivity contribution in [1.82, 2.24) is 5.32 Å². The van der Waals surface area contributed by atoms with E-state index < -0.39 is 0 Å². The summed E-state index contributed by atoms with van der Waals surface area (Å²) in [5, 5.41) is 8.70. The summed E-state index contributed by atoms with van der Waals surface area (Å²) < 4.78 is 16.1. The van der Waals surface area contributed by atoms with Gasteiger partial charge in [0.15, 0.2) is 0 Å². The molecule has 0 bridgehead atoms.